The van der Waals surface area contributed by atoms with Crippen molar-refractivity contribution in [3.05, 3.63) is 29.8 Å². The maximum atomic E-state index is 12.8. The lowest BCUT2D eigenvalue weighted by molar-refractivity contribution is -0.169. The Balaban J connectivity index is 2.15. The average Bonchev–Trinajstić information content (AvgIpc) is 2.61. The zero-order valence-corrected chi connectivity index (χ0v) is 17.9. The van der Waals surface area contributed by atoms with E-state index in [1.165, 1.54) is 0 Å². The number of esters is 1. The summed E-state index contributed by atoms with van der Waals surface area (Å²) in [6.45, 7) is 10.5. The molecule has 1 aromatic carbocycles. The molecule has 1 aliphatic rings. The molecule has 148 valence electrons. The van der Waals surface area contributed by atoms with Crippen LogP contribution in [0, 0.1) is 5.92 Å². The van der Waals surface area contributed by atoms with Crippen molar-refractivity contribution < 1.29 is 23.9 Å². The van der Waals surface area contributed by atoms with Crippen LogP contribution in [0.2, 0.25) is 18.1 Å². The summed E-state index contributed by atoms with van der Waals surface area (Å²) < 4.78 is 12.3. The first-order chi connectivity index (χ1) is 12.5. The lowest BCUT2D eigenvalue weighted by Gasteiger charge is -2.56. The van der Waals surface area contributed by atoms with Crippen molar-refractivity contribution in [1.82, 2.24) is 4.57 Å². The van der Waals surface area contributed by atoms with Gasteiger partial charge in [-0.05, 0) is 22.7 Å². The first-order valence-corrected chi connectivity index (χ1v) is 12.1. The zero-order valence-electron chi connectivity index (χ0n) is 16.9. The molecular weight excluding hydrogens is 362 g/mol. The van der Waals surface area contributed by atoms with Crippen LogP contribution in [0.1, 0.15) is 32.8 Å². The zero-order chi connectivity index (χ0) is 20.4. The van der Waals surface area contributed by atoms with Gasteiger partial charge in [-0.25, -0.2) is 4.79 Å². The molecule has 0 bridgehead atoms. The summed E-state index contributed by atoms with van der Waals surface area (Å²) in [6.07, 6.45) is 0.752. The first-order valence-electron chi connectivity index (χ1n) is 9.11. The summed E-state index contributed by atoms with van der Waals surface area (Å²) in [5.74, 6) is -0.438. The van der Waals surface area contributed by atoms with E-state index < -0.39 is 26.2 Å². The quantitative estimate of drug-likeness (QED) is 0.309. The number of rotatable bonds is 7. The highest BCUT2D eigenvalue weighted by Gasteiger charge is 2.60. The molecule has 0 unspecified atom stereocenters. The average molecular weight is 392 g/mol. The van der Waals surface area contributed by atoms with Gasteiger partial charge < -0.3 is 18.8 Å². The van der Waals surface area contributed by atoms with Crippen LogP contribution in [0.5, 0.6) is 5.75 Å². The van der Waals surface area contributed by atoms with Crippen molar-refractivity contribution in [3.8, 4) is 5.75 Å². The number of carbonyl (C=O) groups is 3. The second-order valence-corrected chi connectivity index (χ2v) is 13.5. The Hall–Kier alpha value is -2.15. The van der Waals surface area contributed by atoms with Crippen LogP contribution in [0.25, 0.3) is 0 Å². The number of carbonyl (C=O) groups excluding carboxylic acids is 3. The van der Waals surface area contributed by atoms with E-state index in [4.69, 9.17) is 9.47 Å². The Morgan fingerprint density at radius 2 is 1.81 bits per heavy atom. The third kappa shape index (κ3) is 4.08. The van der Waals surface area contributed by atoms with Crippen LogP contribution >= 0.6 is 0 Å². The molecule has 0 spiro atoms. The summed E-state index contributed by atoms with van der Waals surface area (Å²) in [4.78, 5) is 36.5. The molecule has 1 saturated heterocycles. The van der Waals surface area contributed by atoms with Crippen LogP contribution in [0.4, 0.5) is 0 Å². The van der Waals surface area contributed by atoms with Crippen molar-refractivity contribution in [3.63, 3.8) is 0 Å². The monoisotopic (exact) mass is 391 g/mol. The minimum absolute atomic E-state index is 0.0479. The molecule has 1 amide bonds. The molecule has 0 N–H and O–H groups in total. The fraction of sp³-hybridized carbons (Fsp3) is 0.550. The van der Waals surface area contributed by atoms with Crippen LogP contribution < -0.4 is 4.74 Å². The molecule has 6 nitrogen and oxygen atoms in total. The number of β-lactam (4-membered cyclic amide) rings is 1. The van der Waals surface area contributed by atoms with Crippen molar-refractivity contribution in [1.29, 1.82) is 0 Å². The summed E-state index contributed by atoms with van der Waals surface area (Å²) in [6, 6.07) is 6.57. The van der Waals surface area contributed by atoms with Crippen LogP contribution in [-0.4, -0.2) is 44.1 Å². The molecule has 2 atom stereocenters. The predicted octanol–water partition coefficient (Wildman–Crippen LogP) is 3.16. The van der Waals surface area contributed by atoms with Crippen molar-refractivity contribution in [2.24, 2.45) is 5.92 Å². The molecule has 0 radical (unpaired) electrons. The van der Waals surface area contributed by atoms with Crippen molar-refractivity contribution in [2.75, 3.05) is 7.11 Å². The number of benzene rings is 1. The van der Waals surface area contributed by atoms with Crippen LogP contribution in [-0.2, 0) is 25.7 Å². The second-order valence-electron chi connectivity index (χ2n) is 8.43. The summed E-state index contributed by atoms with van der Waals surface area (Å²) in [5, 5.41) is -0.108. The van der Waals surface area contributed by atoms with Gasteiger partial charge in [0.25, 0.3) is 0 Å². The standard InChI is InChI=1S/C20H29NO5Si/c1-20(2,3)27(5,6)21-17(16(11-12-22)18(21)23)19(24)26-13-14-7-9-15(25-4)10-8-14/h7-10,12,16-17H,11,13H2,1-6H3/t16-,17+/m1/s1. The lowest BCUT2D eigenvalue weighted by Crippen LogP contribution is -2.75. The third-order valence-electron chi connectivity index (χ3n) is 5.78. The number of hydrogen-bond acceptors (Lipinski definition) is 5. The molecule has 0 aliphatic carbocycles. The van der Waals surface area contributed by atoms with Crippen molar-refractivity contribution >= 4 is 26.4 Å². The van der Waals surface area contributed by atoms with Gasteiger partial charge in [0.1, 0.15) is 24.7 Å². The maximum absolute atomic E-state index is 12.8. The van der Waals surface area contributed by atoms with Crippen LogP contribution in [0.3, 0.4) is 0 Å². The van der Waals surface area contributed by atoms with Gasteiger partial charge in [0, 0.05) is 6.42 Å². The minimum Gasteiger partial charge on any atom is -0.497 e. The predicted molar refractivity (Wildman–Crippen MR) is 105 cm³/mol. The highest BCUT2D eigenvalue weighted by molar-refractivity contribution is 6.80. The topological polar surface area (TPSA) is 72.9 Å². The number of ether oxygens (including phenoxy) is 2. The van der Waals surface area contributed by atoms with E-state index in [1.807, 2.05) is 12.1 Å². The molecule has 1 heterocycles. The molecule has 7 heteroatoms. The van der Waals surface area contributed by atoms with Gasteiger partial charge >= 0.3 is 5.97 Å². The van der Waals surface area contributed by atoms with Gasteiger partial charge in [-0.2, -0.15) is 0 Å². The molecule has 0 saturated carbocycles. The Morgan fingerprint density at radius 3 is 2.30 bits per heavy atom. The van der Waals surface area contributed by atoms with E-state index in [1.54, 1.807) is 23.8 Å². The normalized spacial score (nSPS) is 20.1. The Bertz CT molecular complexity index is 708. The number of amides is 1. The van der Waals surface area contributed by atoms with Crippen LogP contribution in [0.15, 0.2) is 24.3 Å². The molecule has 1 aliphatic heterocycles. The molecular formula is C20H29NO5Si. The Labute approximate surface area is 161 Å². The largest absolute Gasteiger partial charge is 0.497 e. The lowest BCUT2D eigenvalue weighted by atomic mass is 9.88. The number of methoxy groups -OCH3 is 1. The molecule has 27 heavy (non-hydrogen) atoms. The van der Waals surface area contributed by atoms with E-state index in [9.17, 15) is 14.4 Å². The highest BCUT2D eigenvalue weighted by Crippen LogP contribution is 2.45. The molecule has 1 fully saturated rings. The van der Waals surface area contributed by atoms with Gasteiger partial charge in [-0.15, -0.1) is 0 Å². The molecule has 0 aromatic heterocycles. The molecule has 2 rings (SSSR count). The van der Waals surface area contributed by atoms with E-state index in [0.717, 1.165) is 11.3 Å². The Morgan fingerprint density at radius 1 is 1.22 bits per heavy atom. The maximum Gasteiger partial charge on any atom is 0.329 e. The number of hydrogen-bond donors (Lipinski definition) is 0. The minimum atomic E-state index is -2.25. The van der Waals surface area contributed by atoms with Gasteiger partial charge in [0.2, 0.25) is 5.91 Å². The van der Waals surface area contributed by atoms with E-state index in [2.05, 4.69) is 33.9 Å². The van der Waals surface area contributed by atoms with Gasteiger partial charge in [0.05, 0.1) is 13.0 Å². The molecule has 1 aromatic rings. The van der Waals surface area contributed by atoms with E-state index in [-0.39, 0.29) is 24.0 Å². The summed E-state index contributed by atoms with van der Waals surface area (Å²) >= 11 is 0. The van der Waals surface area contributed by atoms with E-state index >= 15 is 0 Å². The number of aldehydes is 1. The summed E-state index contributed by atoms with van der Waals surface area (Å²) in [7, 11) is -0.663. The SMILES string of the molecule is COc1ccc(COC(=O)[C@@H]2[C@@H](CC=O)C(=O)N2[Si](C)(C)C(C)(C)C)cc1. The van der Waals surface area contributed by atoms with Crippen molar-refractivity contribution in [2.45, 2.75) is 58.0 Å². The fourth-order valence-corrected chi connectivity index (χ4v) is 5.52. The Kier molecular flexibility index (Phi) is 6.14. The van der Waals surface area contributed by atoms with Gasteiger partial charge in [0.15, 0.2) is 8.24 Å². The fourth-order valence-electron chi connectivity index (χ4n) is 3.10. The van der Waals surface area contributed by atoms with E-state index in [0.29, 0.717) is 6.29 Å². The smallest absolute Gasteiger partial charge is 0.329 e. The second kappa shape index (κ2) is 7.84. The van der Waals surface area contributed by atoms with Gasteiger partial charge in [-0.1, -0.05) is 46.0 Å². The van der Waals surface area contributed by atoms with Gasteiger partial charge in [-0.3, -0.25) is 4.79 Å². The first kappa shape index (κ1) is 21.2. The number of nitrogens with zero attached hydrogens (tertiary/aromatic N) is 1. The highest BCUT2D eigenvalue weighted by atomic mass is 28.3. The third-order valence-corrected chi connectivity index (χ3v) is 11.2. The summed E-state index contributed by atoms with van der Waals surface area (Å²) in [5.41, 5.74) is 0.834.